The van der Waals surface area contributed by atoms with Crippen molar-refractivity contribution < 1.29 is 22.4 Å². The van der Waals surface area contributed by atoms with Crippen molar-refractivity contribution in [1.82, 2.24) is 10.2 Å². The number of benzene rings is 4. The quantitative estimate of drug-likeness (QED) is 0.263. The predicted octanol–water partition coefficient (Wildman–Crippen LogP) is 5.06. The highest BCUT2D eigenvalue weighted by Crippen LogP contribution is 2.25. The maximum atomic E-state index is 14.1. The van der Waals surface area contributed by atoms with Crippen LogP contribution in [0.3, 0.4) is 0 Å². The second-order valence-electron chi connectivity index (χ2n) is 9.27. The summed E-state index contributed by atoms with van der Waals surface area (Å²) in [5.74, 6) is -1.58. The second-order valence-corrected chi connectivity index (χ2v) is 11.6. The van der Waals surface area contributed by atoms with Crippen LogP contribution in [0.4, 0.5) is 10.1 Å². The summed E-state index contributed by atoms with van der Waals surface area (Å²) < 4.78 is 42.3. The monoisotopic (exact) mass is 593 g/mol. The van der Waals surface area contributed by atoms with Gasteiger partial charge in [-0.2, -0.15) is 0 Å². The van der Waals surface area contributed by atoms with Crippen LogP contribution >= 0.6 is 11.6 Å². The molecule has 7 nitrogen and oxygen atoms in total. The predicted molar refractivity (Wildman–Crippen MR) is 157 cm³/mol. The zero-order chi connectivity index (χ0) is 29.4. The lowest BCUT2D eigenvalue weighted by atomic mass is 10.0. The molecule has 1 N–H and O–H groups in total. The van der Waals surface area contributed by atoms with Crippen LogP contribution in [0.15, 0.2) is 114 Å². The largest absolute Gasteiger partial charge is 0.357 e. The molecule has 0 heterocycles. The molecule has 212 valence electrons. The summed E-state index contributed by atoms with van der Waals surface area (Å²) in [5.41, 5.74) is 1.63. The van der Waals surface area contributed by atoms with Gasteiger partial charge in [0.15, 0.2) is 0 Å². The van der Waals surface area contributed by atoms with E-state index in [1.165, 1.54) is 36.2 Å². The smallest absolute Gasteiger partial charge is 0.264 e. The van der Waals surface area contributed by atoms with E-state index in [1.807, 2.05) is 30.3 Å². The van der Waals surface area contributed by atoms with Gasteiger partial charge in [-0.3, -0.25) is 13.9 Å². The Morgan fingerprint density at radius 2 is 1.41 bits per heavy atom. The van der Waals surface area contributed by atoms with Crippen molar-refractivity contribution in [3.05, 3.63) is 131 Å². The second kappa shape index (κ2) is 13.4. The van der Waals surface area contributed by atoms with E-state index in [1.54, 1.807) is 42.5 Å². The van der Waals surface area contributed by atoms with Crippen molar-refractivity contribution in [2.75, 3.05) is 17.9 Å². The molecular formula is C31H29ClFN3O4S. The van der Waals surface area contributed by atoms with E-state index in [-0.39, 0.29) is 23.5 Å². The number of carbonyl (C=O) groups excluding carboxylic acids is 2. The van der Waals surface area contributed by atoms with Gasteiger partial charge >= 0.3 is 0 Å². The maximum Gasteiger partial charge on any atom is 0.264 e. The molecule has 4 rings (SSSR count). The third kappa shape index (κ3) is 7.50. The van der Waals surface area contributed by atoms with Gasteiger partial charge in [0.25, 0.3) is 10.0 Å². The van der Waals surface area contributed by atoms with E-state index in [0.717, 1.165) is 22.0 Å². The summed E-state index contributed by atoms with van der Waals surface area (Å²) in [6.45, 7) is -0.609. The summed E-state index contributed by atoms with van der Waals surface area (Å²) in [4.78, 5) is 28.7. The number of carbonyl (C=O) groups is 2. The number of likely N-dealkylation sites (N-methyl/N-ethyl adjacent to an activating group) is 1. The van der Waals surface area contributed by atoms with Gasteiger partial charge in [-0.1, -0.05) is 72.3 Å². The molecule has 0 aliphatic rings. The van der Waals surface area contributed by atoms with Crippen molar-refractivity contribution in [2.24, 2.45) is 0 Å². The van der Waals surface area contributed by atoms with E-state index < -0.39 is 40.2 Å². The van der Waals surface area contributed by atoms with Gasteiger partial charge in [-0.15, -0.1) is 0 Å². The normalized spacial score (nSPS) is 11.9. The summed E-state index contributed by atoms with van der Waals surface area (Å²) in [6.07, 6.45) is 0.196. The van der Waals surface area contributed by atoms with Gasteiger partial charge in [0.05, 0.1) is 10.6 Å². The highest BCUT2D eigenvalue weighted by molar-refractivity contribution is 7.92. The Hall–Kier alpha value is -4.21. The number of hydrogen-bond acceptors (Lipinski definition) is 4. The zero-order valence-electron chi connectivity index (χ0n) is 22.3. The number of anilines is 1. The minimum absolute atomic E-state index is 0.0174. The fraction of sp³-hybridized carbons (Fsp3) is 0.161. The molecular weight excluding hydrogens is 565 g/mol. The van der Waals surface area contributed by atoms with Gasteiger partial charge in [-0.05, 0) is 59.7 Å². The van der Waals surface area contributed by atoms with Crippen LogP contribution in [0.25, 0.3) is 0 Å². The Labute approximate surface area is 244 Å². The van der Waals surface area contributed by atoms with Crippen LogP contribution in [-0.2, 0) is 32.6 Å². The molecule has 0 saturated heterocycles. The molecule has 10 heteroatoms. The molecule has 41 heavy (non-hydrogen) atoms. The first-order valence-electron chi connectivity index (χ1n) is 12.8. The first-order valence-corrected chi connectivity index (χ1v) is 14.6. The molecule has 4 aromatic rings. The zero-order valence-corrected chi connectivity index (χ0v) is 23.9. The third-order valence-electron chi connectivity index (χ3n) is 6.51. The molecule has 2 amide bonds. The molecule has 0 bridgehead atoms. The number of hydrogen-bond donors (Lipinski definition) is 1. The Morgan fingerprint density at radius 1 is 0.829 bits per heavy atom. The molecule has 0 aromatic heterocycles. The van der Waals surface area contributed by atoms with Crippen LogP contribution in [0.5, 0.6) is 0 Å². The molecule has 0 saturated carbocycles. The van der Waals surface area contributed by atoms with E-state index in [4.69, 9.17) is 11.6 Å². The maximum absolute atomic E-state index is 14.1. The van der Waals surface area contributed by atoms with Crippen LogP contribution in [0.1, 0.15) is 11.1 Å². The van der Waals surface area contributed by atoms with Gasteiger partial charge < -0.3 is 10.2 Å². The van der Waals surface area contributed by atoms with Crippen molar-refractivity contribution in [3.63, 3.8) is 0 Å². The number of nitrogens with zero attached hydrogens (tertiary/aromatic N) is 2. The molecule has 0 fully saturated rings. The minimum atomic E-state index is -4.24. The average Bonchev–Trinajstić information content (AvgIpc) is 2.99. The lowest BCUT2D eigenvalue weighted by Crippen LogP contribution is -2.53. The molecule has 0 spiro atoms. The molecule has 1 atom stereocenters. The number of sulfonamides is 1. The fourth-order valence-electron chi connectivity index (χ4n) is 4.36. The standard InChI is InChI=1S/C31H29ClFN3O4S/c1-34-31(38)29(20-23-8-4-2-5-9-23)35(21-24-12-14-25(32)15-13-24)30(37)22-36(27-18-16-26(33)17-19-27)41(39,40)28-10-6-3-7-11-28/h2-19,29H,20-22H2,1H3,(H,34,38). The highest BCUT2D eigenvalue weighted by atomic mass is 35.5. The van der Waals surface area contributed by atoms with Gasteiger partial charge in [0.1, 0.15) is 18.4 Å². The van der Waals surface area contributed by atoms with E-state index in [2.05, 4.69) is 5.32 Å². The Balaban J connectivity index is 1.77. The van der Waals surface area contributed by atoms with Crippen molar-refractivity contribution in [1.29, 1.82) is 0 Å². The summed E-state index contributed by atoms with van der Waals surface area (Å²) in [5, 5.41) is 3.14. The summed E-state index contributed by atoms with van der Waals surface area (Å²) in [6, 6.07) is 27.6. The Morgan fingerprint density at radius 3 is 2.00 bits per heavy atom. The van der Waals surface area contributed by atoms with E-state index in [0.29, 0.717) is 10.6 Å². The van der Waals surface area contributed by atoms with Gasteiger partial charge in [0.2, 0.25) is 11.8 Å². The van der Waals surface area contributed by atoms with Gasteiger partial charge in [0, 0.05) is 25.0 Å². The first-order chi connectivity index (χ1) is 19.7. The minimum Gasteiger partial charge on any atom is -0.357 e. The van der Waals surface area contributed by atoms with Crippen LogP contribution in [0, 0.1) is 5.82 Å². The summed E-state index contributed by atoms with van der Waals surface area (Å²) in [7, 11) is -2.76. The molecule has 0 radical (unpaired) electrons. The van der Waals surface area contributed by atoms with Crippen molar-refractivity contribution in [2.45, 2.75) is 23.9 Å². The summed E-state index contributed by atoms with van der Waals surface area (Å²) >= 11 is 6.07. The SMILES string of the molecule is CNC(=O)C(Cc1ccccc1)N(Cc1ccc(Cl)cc1)C(=O)CN(c1ccc(F)cc1)S(=O)(=O)c1ccccc1. The highest BCUT2D eigenvalue weighted by Gasteiger charge is 2.34. The third-order valence-corrected chi connectivity index (χ3v) is 8.55. The van der Waals surface area contributed by atoms with Crippen LogP contribution in [0.2, 0.25) is 5.02 Å². The van der Waals surface area contributed by atoms with E-state index >= 15 is 0 Å². The molecule has 0 aliphatic heterocycles. The molecule has 1 unspecified atom stereocenters. The lowest BCUT2D eigenvalue weighted by molar-refractivity contribution is -0.139. The Kier molecular flexibility index (Phi) is 9.75. The fourth-order valence-corrected chi connectivity index (χ4v) is 5.92. The van der Waals surface area contributed by atoms with Gasteiger partial charge in [-0.25, -0.2) is 12.8 Å². The van der Waals surface area contributed by atoms with Crippen LogP contribution < -0.4 is 9.62 Å². The molecule has 0 aliphatic carbocycles. The molecule has 4 aromatic carbocycles. The van der Waals surface area contributed by atoms with E-state index in [9.17, 15) is 22.4 Å². The van der Waals surface area contributed by atoms with Crippen molar-refractivity contribution in [3.8, 4) is 0 Å². The Bertz CT molecular complexity index is 1570. The van der Waals surface area contributed by atoms with Crippen molar-refractivity contribution >= 4 is 39.1 Å². The average molecular weight is 594 g/mol. The first kappa shape index (κ1) is 29.8. The topological polar surface area (TPSA) is 86.8 Å². The van der Waals surface area contributed by atoms with Crippen LogP contribution in [-0.4, -0.2) is 44.8 Å². The number of rotatable bonds is 11. The number of halogens is 2. The lowest BCUT2D eigenvalue weighted by Gasteiger charge is -2.33. The number of amides is 2. The number of nitrogens with one attached hydrogen (secondary N) is 1.